The van der Waals surface area contributed by atoms with E-state index in [1.807, 2.05) is 32.0 Å². The first-order valence-electron chi connectivity index (χ1n) is 7.67. The van der Waals surface area contributed by atoms with Crippen LogP contribution in [0.25, 0.3) is 0 Å². The maximum Gasteiger partial charge on any atom is 0.251 e. The van der Waals surface area contributed by atoms with E-state index < -0.39 is 0 Å². The lowest BCUT2D eigenvalue weighted by atomic mass is 10.0. The number of methoxy groups -OCH3 is 3. The Morgan fingerprint density at radius 1 is 0.917 bits per heavy atom. The van der Waals surface area contributed by atoms with E-state index in [9.17, 15) is 4.79 Å². The molecule has 0 heterocycles. The zero-order valence-electron chi connectivity index (χ0n) is 14.7. The second-order valence-corrected chi connectivity index (χ2v) is 5.51. The van der Waals surface area contributed by atoms with Gasteiger partial charge < -0.3 is 19.5 Å². The Hall–Kier alpha value is -2.69. The number of aryl methyl sites for hydroxylation is 1. The predicted molar refractivity (Wildman–Crippen MR) is 93.2 cm³/mol. The van der Waals surface area contributed by atoms with Crippen LogP contribution < -0.4 is 19.5 Å². The third kappa shape index (κ3) is 3.79. The smallest absolute Gasteiger partial charge is 0.251 e. The van der Waals surface area contributed by atoms with Crippen molar-refractivity contribution in [1.82, 2.24) is 5.32 Å². The molecule has 1 amide bonds. The van der Waals surface area contributed by atoms with Gasteiger partial charge in [0.2, 0.25) is 0 Å². The van der Waals surface area contributed by atoms with Crippen molar-refractivity contribution in [1.29, 1.82) is 0 Å². The Labute approximate surface area is 142 Å². The molecule has 0 fully saturated rings. The van der Waals surface area contributed by atoms with E-state index in [1.165, 1.54) is 0 Å². The van der Waals surface area contributed by atoms with Gasteiger partial charge in [-0.15, -0.1) is 0 Å². The third-order valence-electron chi connectivity index (χ3n) is 3.85. The van der Waals surface area contributed by atoms with Gasteiger partial charge in [-0.05, 0) is 38.1 Å². The minimum Gasteiger partial charge on any atom is -0.496 e. The Kier molecular flexibility index (Phi) is 5.68. The van der Waals surface area contributed by atoms with E-state index in [2.05, 4.69) is 5.32 Å². The molecule has 0 spiro atoms. The molecule has 0 aliphatic carbocycles. The number of carbonyl (C=O) groups excluding carboxylic acids is 1. The topological polar surface area (TPSA) is 56.8 Å². The largest absolute Gasteiger partial charge is 0.496 e. The van der Waals surface area contributed by atoms with Gasteiger partial charge in [0, 0.05) is 11.1 Å². The van der Waals surface area contributed by atoms with Crippen molar-refractivity contribution in [2.75, 3.05) is 21.3 Å². The monoisotopic (exact) mass is 329 g/mol. The van der Waals surface area contributed by atoms with Crippen LogP contribution in [0.1, 0.15) is 34.5 Å². The summed E-state index contributed by atoms with van der Waals surface area (Å²) >= 11 is 0. The van der Waals surface area contributed by atoms with Crippen molar-refractivity contribution in [3.05, 3.63) is 53.1 Å². The first kappa shape index (κ1) is 17.7. The standard InChI is InChI=1S/C19H23NO4/c1-12-6-8-16(22-3)15(10-12)13(2)20-19(21)14-7-9-17(23-4)18(11-14)24-5/h6-11,13H,1-5H3,(H,20,21)/t13-/m1/s1. The van der Waals surface area contributed by atoms with Crippen molar-refractivity contribution in [2.45, 2.75) is 19.9 Å². The van der Waals surface area contributed by atoms with Crippen LogP contribution >= 0.6 is 0 Å². The molecule has 2 rings (SSSR count). The molecule has 0 aliphatic heterocycles. The van der Waals surface area contributed by atoms with Crippen molar-refractivity contribution in [2.24, 2.45) is 0 Å². The van der Waals surface area contributed by atoms with Crippen LogP contribution in [0.3, 0.4) is 0 Å². The lowest BCUT2D eigenvalue weighted by Crippen LogP contribution is -2.27. The van der Waals surface area contributed by atoms with Gasteiger partial charge >= 0.3 is 0 Å². The van der Waals surface area contributed by atoms with Crippen molar-refractivity contribution in [3.8, 4) is 17.2 Å². The first-order chi connectivity index (χ1) is 11.5. The minimum absolute atomic E-state index is 0.188. The molecule has 5 heteroatoms. The number of carbonyl (C=O) groups is 1. The molecule has 0 radical (unpaired) electrons. The van der Waals surface area contributed by atoms with Gasteiger partial charge in [-0.3, -0.25) is 4.79 Å². The average molecular weight is 329 g/mol. The highest BCUT2D eigenvalue weighted by molar-refractivity contribution is 5.95. The summed E-state index contributed by atoms with van der Waals surface area (Å²) in [5, 5.41) is 2.99. The molecule has 128 valence electrons. The van der Waals surface area contributed by atoms with Crippen molar-refractivity contribution in [3.63, 3.8) is 0 Å². The molecular formula is C19H23NO4. The van der Waals surface area contributed by atoms with Crippen LogP contribution in [0.4, 0.5) is 0 Å². The highest BCUT2D eigenvalue weighted by Gasteiger charge is 2.17. The molecule has 0 aliphatic rings. The minimum atomic E-state index is -0.194. The summed E-state index contributed by atoms with van der Waals surface area (Å²) in [6.07, 6.45) is 0. The fraction of sp³-hybridized carbons (Fsp3) is 0.316. The molecule has 0 unspecified atom stereocenters. The van der Waals surface area contributed by atoms with E-state index in [0.717, 1.165) is 16.9 Å². The summed E-state index contributed by atoms with van der Waals surface area (Å²) in [5.74, 6) is 1.67. The number of hydrogen-bond donors (Lipinski definition) is 1. The zero-order valence-corrected chi connectivity index (χ0v) is 14.7. The molecule has 0 saturated heterocycles. The molecule has 2 aromatic rings. The van der Waals surface area contributed by atoms with Crippen molar-refractivity contribution >= 4 is 5.91 Å². The molecular weight excluding hydrogens is 306 g/mol. The fourth-order valence-electron chi connectivity index (χ4n) is 2.53. The molecule has 1 atom stereocenters. The van der Waals surface area contributed by atoms with Crippen LogP contribution in [0, 0.1) is 6.92 Å². The lowest BCUT2D eigenvalue weighted by molar-refractivity contribution is 0.0939. The van der Waals surface area contributed by atoms with Crippen LogP contribution in [0.5, 0.6) is 17.2 Å². The van der Waals surface area contributed by atoms with Gasteiger partial charge in [0.05, 0.1) is 27.4 Å². The van der Waals surface area contributed by atoms with Gasteiger partial charge in [0.15, 0.2) is 11.5 Å². The first-order valence-corrected chi connectivity index (χ1v) is 7.67. The summed E-state index contributed by atoms with van der Waals surface area (Å²) in [6.45, 7) is 3.93. The van der Waals surface area contributed by atoms with Crippen LogP contribution in [-0.4, -0.2) is 27.2 Å². The van der Waals surface area contributed by atoms with Gasteiger partial charge in [-0.25, -0.2) is 0 Å². The second-order valence-electron chi connectivity index (χ2n) is 5.51. The van der Waals surface area contributed by atoms with Crippen LogP contribution in [-0.2, 0) is 0 Å². The number of nitrogens with one attached hydrogen (secondary N) is 1. The highest BCUT2D eigenvalue weighted by Crippen LogP contribution is 2.29. The lowest BCUT2D eigenvalue weighted by Gasteiger charge is -2.18. The maximum atomic E-state index is 12.5. The van der Waals surface area contributed by atoms with E-state index in [4.69, 9.17) is 14.2 Å². The number of benzene rings is 2. The van der Waals surface area contributed by atoms with E-state index in [0.29, 0.717) is 17.1 Å². The molecule has 0 bridgehead atoms. The van der Waals surface area contributed by atoms with Gasteiger partial charge in [-0.2, -0.15) is 0 Å². The molecule has 0 aromatic heterocycles. The molecule has 1 N–H and O–H groups in total. The second kappa shape index (κ2) is 7.73. The van der Waals surface area contributed by atoms with Crippen LogP contribution in [0.2, 0.25) is 0 Å². The highest BCUT2D eigenvalue weighted by atomic mass is 16.5. The normalized spacial score (nSPS) is 11.5. The zero-order chi connectivity index (χ0) is 17.7. The summed E-state index contributed by atoms with van der Waals surface area (Å²) in [6, 6.07) is 10.8. The summed E-state index contributed by atoms with van der Waals surface area (Å²) < 4.78 is 15.8. The Bertz CT molecular complexity index is 727. The summed E-state index contributed by atoms with van der Waals surface area (Å²) in [7, 11) is 4.72. The van der Waals surface area contributed by atoms with Gasteiger partial charge in [0.25, 0.3) is 5.91 Å². The molecule has 5 nitrogen and oxygen atoms in total. The number of amides is 1. The van der Waals surface area contributed by atoms with Crippen molar-refractivity contribution < 1.29 is 19.0 Å². The third-order valence-corrected chi connectivity index (χ3v) is 3.85. The number of hydrogen-bond acceptors (Lipinski definition) is 4. The van der Waals surface area contributed by atoms with E-state index in [1.54, 1.807) is 39.5 Å². The number of ether oxygens (including phenoxy) is 3. The number of rotatable bonds is 6. The van der Waals surface area contributed by atoms with Gasteiger partial charge in [0.1, 0.15) is 5.75 Å². The molecule has 2 aromatic carbocycles. The van der Waals surface area contributed by atoms with Gasteiger partial charge in [-0.1, -0.05) is 17.7 Å². The average Bonchev–Trinajstić information content (AvgIpc) is 2.60. The van der Waals surface area contributed by atoms with E-state index in [-0.39, 0.29) is 11.9 Å². The van der Waals surface area contributed by atoms with Crippen LogP contribution in [0.15, 0.2) is 36.4 Å². The fourth-order valence-corrected chi connectivity index (χ4v) is 2.53. The predicted octanol–water partition coefficient (Wildman–Crippen LogP) is 3.51. The Morgan fingerprint density at radius 3 is 2.17 bits per heavy atom. The SMILES string of the molecule is COc1ccc(C(=O)N[C@H](C)c2cc(C)ccc2OC)cc1OC. The molecule has 0 saturated carbocycles. The Morgan fingerprint density at radius 2 is 1.54 bits per heavy atom. The maximum absolute atomic E-state index is 12.5. The Balaban J connectivity index is 2.22. The summed E-state index contributed by atoms with van der Waals surface area (Å²) in [4.78, 5) is 12.5. The quantitative estimate of drug-likeness (QED) is 0.881. The molecule has 24 heavy (non-hydrogen) atoms. The summed E-state index contributed by atoms with van der Waals surface area (Å²) in [5.41, 5.74) is 2.55. The van der Waals surface area contributed by atoms with E-state index >= 15 is 0 Å².